The van der Waals surface area contributed by atoms with Crippen molar-refractivity contribution in [1.29, 1.82) is 0 Å². The highest BCUT2D eigenvalue weighted by Gasteiger charge is 2.26. The van der Waals surface area contributed by atoms with Crippen LogP contribution in [0.15, 0.2) is 52.1 Å². The fourth-order valence-electron chi connectivity index (χ4n) is 2.56. The third kappa shape index (κ3) is 2.69. The van der Waals surface area contributed by atoms with Crippen LogP contribution in [0.2, 0.25) is 0 Å². The summed E-state index contributed by atoms with van der Waals surface area (Å²) < 4.78 is 5.55. The zero-order valence-corrected chi connectivity index (χ0v) is 13.2. The van der Waals surface area contributed by atoms with Gasteiger partial charge in [-0.05, 0) is 30.3 Å². The van der Waals surface area contributed by atoms with Gasteiger partial charge in [-0.2, -0.15) is 0 Å². The zero-order chi connectivity index (χ0) is 18.1. The predicted octanol–water partition coefficient (Wildman–Crippen LogP) is 3.47. The molecular formula is C18H12N4O4. The number of pyridine rings is 2. The highest BCUT2D eigenvalue weighted by atomic mass is 16.4. The van der Waals surface area contributed by atoms with Crippen LogP contribution in [0.1, 0.15) is 21.7 Å². The maximum absolute atomic E-state index is 11.5. The number of hydrogen-bond donors (Lipinski definition) is 3. The Bertz CT molecular complexity index is 1050. The molecule has 8 nitrogen and oxygen atoms in total. The zero-order valence-electron chi connectivity index (χ0n) is 13.2. The number of furan rings is 1. The summed E-state index contributed by atoms with van der Waals surface area (Å²) in [6, 6.07) is 8.70. The molecule has 128 valence electrons. The second-order valence-electron chi connectivity index (χ2n) is 5.40. The minimum absolute atomic E-state index is 0.000941. The number of aromatic hydroxyl groups is 1. The van der Waals surface area contributed by atoms with Crippen molar-refractivity contribution >= 4 is 41.4 Å². The summed E-state index contributed by atoms with van der Waals surface area (Å²) >= 11 is 0. The number of nitrogens with one attached hydrogen (secondary N) is 1. The number of carboxylic acids is 1. The average Bonchev–Trinajstić information content (AvgIpc) is 3.18. The molecule has 1 aliphatic rings. The lowest BCUT2D eigenvalue weighted by atomic mass is 10.1. The standard InChI is InChI=1S/C18H12N4O4/c23-15-12(8-10-9-21-16-11(10)4-3-7-20-16)26-17(14(15)18(24)25)22-13-5-1-2-6-19-13/h1-9,23H,(H,19,22)(H,24,25). The molecule has 0 aromatic carbocycles. The van der Waals surface area contributed by atoms with Crippen molar-refractivity contribution in [2.24, 2.45) is 4.99 Å². The van der Waals surface area contributed by atoms with Crippen LogP contribution in [0.25, 0.3) is 11.6 Å². The Kier molecular flexibility index (Phi) is 3.70. The van der Waals surface area contributed by atoms with Crippen molar-refractivity contribution in [2.45, 2.75) is 0 Å². The fourth-order valence-corrected chi connectivity index (χ4v) is 2.56. The summed E-state index contributed by atoms with van der Waals surface area (Å²) in [5.74, 6) is -0.971. The van der Waals surface area contributed by atoms with Crippen LogP contribution in [0, 0.1) is 0 Å². The molecule has 3 N–H and O–H groups in total. The van der Waals surface area contributed by atoms with Crippen molar-refractivity contribution in [3.8, 4) is 5.75 Å². The third-order valence-corrected chi connectivity index (χ3v) is 3.74. The summed E-state index contributed by atoms with van der Waals surface area (Å²) in [4.78, 5) is 23.9. The molecule has 0 unspecified atom stereocenters. The second kappa shape index (κ2) is 6.17. The maximum Gasteiger partial charge on any atom is 0.345 e. The van der Waals surface area contributed by atoms with Gasteiger partial charge >= 0.3 is 5.97 Å². The van der Waals surface area contributed by atoms with Crippen LogP contribution in [-0.4, -0.2) is 32.4 Å². The molecule has 0 fully saturated rings. The molecule has 0 aliphatic carbocycles. The first kappa shape index (κ1) is 15.6. The Hall–Kier alpha value is -3.94. The van der Waals surface area contributed by atoms with E-state index in [-0.39, 0.29) is 17.2 Å². The number of hydrogen-bond acceptors (Lipinski definition) is 7. The number of allylic oxidation sites excluding steroid dienone is 1. The molecule has 0 saturated carbocycles. The number of anilines is 2. The molecule has 8 heteroatoms. The van der Waals surface area contributed by atoms with E-state index >= 15 is 0 Å². The number of nitrogens with zero attached hydrogens (tertiary/aromatic N) is 3. The first-order valence-corrected chi connectivity index (χ1v) is 7.62. The van der Waals surface area contributed by atoms with Gasteiger partial charge in [-0.1, -0.05) is 6.07 Å². The number of rotatable bonds is 4. The highest BCUT2D eigenvalue weighted by molar-refractivity contribution is 6.21. The Morgan fingerprint density at radius 2 is 2.00 bits per heavy atom. The summed E-state index contributed by atoms with van der Waals surface area (Å²) in [7, 11) is 0. The molecule has 3 aromatic rings. The first-order valence-electron chi connectivity index (χ1n) is 7.62. The van der Waals surface area contributed by atoms with E-state index in [1.807, 2.05) is 6.07 Å². The van der Waals surface area contributed by atoms with Crippen molar-refractivity contribution in [3.63, 3.8) is 0 Å². The van der Waals surface area contributed by atoms with Gasteiger partial charge in [-0.15, -0.1) is 0 Å². The molecule has 0 saturated heterocycles. The Balaban J connectivity index is 1.77. The second-order valence-corrected chi connectivity index (χ2v) is 5.40. The van der Waals surface area contributed by atoms with Gasteiger partial charge in [0.15, 0.2) is 22.9 Å². The number of aromatic carboxylic acids is 1. The Morgan fingerprint density at radius 3 is 2.77 bits per heavy atom. The van der Waals surface area contributed by atoms with Crippen molar-refractivity contribution < 1.29 is 19.4 Å². The summed E-state index contributed by atoms with van der Waals surface area (Å²) in [6.07, 6.45) is 6.27. The van der Waals surface area contributed by atoms with Crippen molar-refractivity contribution in [2.75, 3.05) is 5.32 Å². The lowest BCUT2D eigenvalue weighted by molar-refractivity contribution is 0.0695. The van der Waals surface area contributed by atoms with Gasteiger partial charge < -0.3 is 19.9 Å². The largest absolute Gasteiger partial charge is 0.504 e. The molecule has 4 heterocycles. The highest BCUT2D eigenvalue weighted by Crippen LogP contribution is 2.38. The minimum Gasteiger partial charge on any atom is -0.504 e. The van der Waals surface area contributed by atoms with E-state index in [2.05, 4.69) is 20.3 Å². The molecular weight excluding hydrogens is 336 g/mol. The van der Waals surface area contributed by atoms with E-state index < -0.39 is 11.7 Å². The molecule has 0 radical (unpaired) electrons. The predicted molar refractivity (Wildman–Crippen MR) is 95.1 cm³/mol. The van der Waals surface area contributed by atoms with Crippen LogP contribution in [0.3, 0.4) is 0 Å². The SMILES string of the molecule is O=C(O)c1c(Nc2ccccn2)oc(C=C2C=Nc3ncccc32)c1O. The number of carboxylic acid groups (broad SMARTS) is 1. The minimum atomic E-state index is -1.32. The lowest BCUT2D eigenvalue weighted by Crippen LogP contribution is -2.00. The van der Waals surface area contributed by atoms with Crippen molar-refractivity contribution in [1.82, 2.24) is 9.97 Å². The van der Waals surface area contributed by atoms with Gasteiger partial charge in [0.1, 0.15) is 5.82 Å². The third-order valence-electron chi connectivity index (χ3n) is 3.74. The first-order chi connectivity index (χ1) is 12.6. The van der Waals surface area contributed by atoms with Gasteiger partial charge in [0.25, 0.3) is 0 Å². The summed E-state index contributed by atoms with van der Waals surface area (Å²) in [6.45, 7) is 0. The molecule has 0 bridgehead atoms. The van der Waals surface area contributed by atoms with Gasteiger partial charge in [-0.3, -0.25) is 0 Å². The molecule has 4 rings (SSSR count). The number of aromatic nitrogens is 2. The Labute approximate surface area is 147 Å². The quantitative estimate of drug-likeness (QED) is 0.660. The van der Waals surface area contributed by atoms with E-state index in [0.29, 0.717) is 17.2 Å². The number of carbonyl (C=O) groups is 1. The van der Waals surface area contributed by atoms with Gasteiger partial charge in [0.2, 0.25) is 5.88 Å². The van der Waals surface area contributed by atoms with Gasteiger partial charge in [-0.25, -0.2) is 19.8 Å². The average molecular weight is 348 g/mol. The Morgan fingerprint density at radius 1 is 1.15 bits per heavy atom. The molecule has 3 aromatic heterocycles. The maximum atomic E-state index is 11.5. The lowest BCUT2D eigenvalue weighted by Gasteiger charge is -2.02. The van der Waals surface area contributed by atoms with Crippen LogP contribution in [0.5, 0.6) is 5.75 Å². The topological polar surface area (TPSA) is 121 Å². The van der Waals surface area contributed by atoms with Crippen LogP contribution in [-0.2, 0) is 0 Å². The molecule has 0 atom stereocenters. The van der Waals surface area contributed by atoms with Crippen LogP contribution >= 0.6 is 0 Å². The number of fused-ring (bicyclic) bond motifs is 1. The van der Waals surface area contributed by atoms with Gasteiger partial charge in [0.05, 0.1) is 0 Å². The fraction of sp³-hybridized carbons (Fsp3) is 0. The van der Waals surface area contributed by atoms with E-state index in [1.54, 1.807) is 42.9 Å². The molecule has 0 amide bonds. The van der Waals surface area contributed by atoms with Crippen molar-refractivity contribution in [3.05, 3.63) is 59.6 Å². The van der Waals surface area contributed by atoms with Crippen LogP contribution < -0.4 is 5.32 Å². The molecule has 0 spiro atoms. The summed E-state index contributed by atoms with van der Waals surface area (Å²) in [5.41, 5.74) is 1.04. The van der Waals surface area contributed by atoms with Crippen LogP contribution in [0.4, 0.5) is 17.5 Å². The molecule has 26 heavy (non-hydrogen) atoms. The van der Waals surface area contributed by atoms with E-state index in [1.165, 1.54) is 6.08 Å². The van der Waals surface area contributed by atoms with E-state index in [0.717, 1.165) is 5.56 Å². The number of aliphatic imine (C=N–C) groups is 1. The van der Waals surface area contributed by atoms with Gasteiger partial charge in [0, 0.05) is 29.7 Å². The normalized spacial score (nSPS) is 13.8. The van der Waals surface area contributed by atoms with E-state index in [4.69, 9.17) is 4.42 Å². The monoisotopic (exact) mass is 348 g/mol. The summed E-state index contributed by atoms with van der Waals surface area (Å²) in [5, 5.41) is 22.5. The van der Waals surface area contributed by atoms with E-state index in [9.17, 15) is 15.0 Å². The molecule has 1 aliphatic heterocycles. The smallest absolute Gasteiger partial charge is 0.345 e.